The van der Waals surface area contributed by atoms with E-state index in [4.69, 9.17) is 5.73 Å². The fourth-order valence-corrected chi connectivity index (χ4v) is 3.55. The Morgan fingerprint density at radius 2 is 1.82 bits per heavy atom. The zero-order valence-electron chi connectivity index (χ0n) is 10.5. The molecule has 1 saturated heterocycles. The van der Waals surface area contributed by atoms with Crippen molar-refractivity contribution in [1.29, 1.82) is 0 Å². The van der Waals surface area contributed by atoms with Crippen LogP contribution < -0.4 is 5.73 Å². The molecule has 0 spiro atoms. The fourth-order valence-electron chi connectivity index (χ4n) is 3.55. The first-order valence-corrected chi connectivity index (χ1v) is 6.86. The highest BCUT2D eigenvalue weighted by molar-refractivity contribution is 5.32. The molecular formula is C15H22N2. The van der Waals surface area contributed by atoms with Crippen LogP contribution in [0.25, 0.3) is 0 Å². The molecule has 2 heteroatoms. The number of hydrogen-bond donors (Lipinski definition) is 1. The molecule has 1 fully saturated rings. The van der Waals surface area contributed by atoms with E-state index in [1.54, 1.807) is 0 Å². The van der Waals surface area contributed by atoms with Gasteiger partial charge in [0.05, 0.1) is 0 Å². The Bertz CT molecular complexity index is 396. The van der Waals surface area contributed by atoms with Crippen LogP contribution >= 0.6 is 0 Å². The highest BCUT2D eigenvalue weighted by Crippen LogP contribution is 2.34. The van der Waals surface area contributed by atoms with Crippen molar-refractivity contribution >= 4 is 0 Å². The first-order valence-electron chi connectivity index (χ1n) is 6.86. The number of hydrogen-bond acceptors (Lipinski definition) is 2. The molecule has 0 bridgehead atoms. The molecule has 0 saturated carbocycles. The van der Waals surface area contributed by atoms with Gasteiger partial charge in [-0.15, -0.1) is 0 Å². The lowest BCUT2D eigenvalue weighted by Crippen LogP contribution is -2.56. The minimum Gasteiger partial charge on any atom is -0.329 e. The standard InChI is InChI=1S/C15H22N2/c16-12-15(17-9-3-4-10-17)8-7-13-5-1-2-6-14(13)11-15/h1-2,5-6H,3-4,7-12,16H2. The summed E-state index contributed by atoms with van der Waals surface area (Å²) in [6.45, 7) is 3.31. The van der Waals surface area contributed by atoms with E-state index >= 15 is 0 Å². The van der Waals surface area contributed by atoms with Gasteiger partial charge in [0.2, 0.25) is 0 Å². The number of nitrogens with two attached hydrogens (primary N) is 1. The third-order valence-electron chi connectivity index (χ3n) is 4.65. The summed E-state index contributed by atoms with van der Waals surface area (Å²) >= 11 is 0. The van der Waals surface area contributed by atoms with E-state index in [0.717, 1.165) is 13.0 Å². The lowest BCUT2D eigenvalue weighted by Gasteiger charge is -2.44. The van der Waals surface area contributed by atoms with E-state index in [1.165, 1.54) is 49.9 Å². The van der Waals surface area contributed by atoms with E-state index in [1.807, 2.05) is 0 Å². The molecule has 1 aliphatic carbocycles. The highest BCUT2D eigenvalue weighted by atomic mass is 15.2. The monoisotopic (exact) mass is 230 g/mol. The van der Waals surface area contributed by atoms with Gasteiger partial charge in [0.1, 0.15) is 0 Å². The van der Waals surface area contributed by atoms with E-state index in [9.17, 15) is 0 Å². The van der Waals surface area contributed by atoms with Crippen molar-refractivity contribution < 1.29 is 0 Å². The first kappa shape index (κ1) is 11.2. The third-order valence-corrected chi connectivity index (χ3v) is 4.65. The van der Waals surface area contributed by atoms with Crippen LogP contribution in [0.15, 0.2) is 24.3 Å². The molecule has 17 heavy (non-hydrogen) atoms. The van der Waals surface area contributed by atoms with Crippen molar-refractivity contribution in [3.63, 3.8) is 0 Å². The van der Waals surface area contributed by atoms with Gasteiger partial charge in [0, 0.05) is 12.1 Å². The Hall–Kier alpha value is -0.860. The van der Waals surface area contributed by atoms with E-state index in [0.29, 0.717) is 0 Å². The molecule has 1 atom stereocenters. The van der Waals surface area contributed by atoms with Crippen LogP contribution in [-0.4, -0.2) is 30.1 Å². The predicted octanol–water partition coefficient (Wildman–Crippen LogP) is 1.97. The smallest absolute Gasteiger partial charge is 0.0375 e. The molecule has 2 N–H and O–H groups in total. The average molecular weight is 230 g/mol. The molecule has 92 valence electrons. The Balaban J connectivity index is 1.89. The van der Waals surface area contributed by atoms with Crippen molar-refractivity contribution in [2.75, 3.05) is 19.6 Å². The van der Waals surface area contributed by atoms with Crippen molar-refractivity contribution in [1.82, 2.24) is 4.90 Å². The zero-order chi connectivity index (χ0) is 11.7. The molecule has 2 nitrogen and oxygen atoms in total. The number of nitrogens with zero attached hydrogens (tertiary/aromatic N) is 1. The summed E-state index contributed by atoms with van der Waals surface area (Å²) in [6.07, 6.45) is 6.29. The molecule has 2 aliphatic rings. The molecule has 1 aliphatic heterocycles. The van der Waals surface area contributed by atoms with Crippen LogP contribution in [0.4, 0.5) is 0 Å². The molecular weight excluding hydrogens is 208 g/mol. The van der Waals surface area contributed by atoms with Crippen LogP contribution in [0.5, 0.6) is 0 Å². The largest absolute Gasteiger partial charge is 0.329 e. The Kier molecular flexibility index (Phi) is 2.93. The van der Waals surface area contributed by atoms with Gasteiger partial charge in [-0.3, -0.25) is 4.90 Å². The Labute approximate surface area is 104 Å². The lowest BCUT2D eigenvalue weighted by atomic mass is 9.77. The Morgan fingerprint density at radius 1 is 1.12 bits per heavy atom. The maximum atomic E-state index is 6.13. The van der Waals surface area contributed by atoms with E-state index in [2.05, 4.69) is 29.2 Å². The summed E-state index contributed by atoms with van der Waals surface area (Å²) in [6, 6.07) is 8.88. The second-order valence-electron chi connectivity index (χ2n) is 5.57. The first-order chi connectivity index (χ1) is 8.34. The van der Waals surface area contributed by atoms with Gasteiger partial charge in [0.15, 0.2) is 0 Å². The van der Waals surface area contributed by atoms with E-state index < -0.39 is 0 Å². The normalized spacial score (nSPS) is 29.2. The number of rotatable bonds is 2. The van der Waals surface area contributed by atoms with Gasteiger partial charge in [-0.2, -0.15) is 0 Å². The molecule has 3 rings (SSSR count). The van der Waals surface area contributed by atoms with Crippen LogP contribution in [-0.2, 0) is 12.8 Å². The summed E-state index contributed by atoms with van der Waals surface area (Å²) in [7, 11) is 0. The van der Waals surface area contributed by atoms with Crippen LogP contribution in [0.1, 0.15) is 30.4 Å². The number of likely N-dealkylation sites (tertiary alicyclic amines) is 1. The SMILES string of the molecule is NCC1(N2CCCC2)CCc2ccccc2C1. The molecule has 1 aromatic carbocycles. The maximum absolute atomic E-state index is 6.13. The van der Waals surface area contributed by atoms with Gasteiger partial charge in [-0.05, 0) is 56.3 Å². The maximum Gasteiger partial charge on any atom is 0.0375 e. The number of fused-ring (bicyclic) bond motifs is 1. The number of benzene rings is 1. The molecule has 1 aromatic rings. The van der Waals surface area contributed by atoms with Crippen molar-refractivity contribution in [2.24, 2.45) is 5.73 Å². The molecule has 1 heterocycles. The van der Waals surface area contributed by atoms with Crippen LogP contribution in [0.3, 0.4) is 0 Å². The van der Waals surface area contributed by atoms with Crippen LogP contribution in [0.2, 0.25) is 0 Å². The molecule has 0 radical (unpaired) electrons. The van der Waals surface area contributed by atoms with Gasteiger partial charge < -0.3 is 5.73 Å². The van der Waals surface area contributed by atoms with Crippen molar-refractivity contribution in [2.45, 2.75) is 37.6 Å². The summed E-state index contributed by atoms with van der Waals surface area (Å²) in [4.78, 5) is 2.66. The second-order valence-corrected chi connectivity index (χ2v) is 5.57. The molecule has 0 aromatic heterocycles. The zero-order valence-corrected chi connectivity index (χ0v) is 10.5. The van der Waals surface area contributed by atoms with Gasteiger partial charge in [0.25, 0.3) is 0 Å². The summed E-state index contributed by atoms with van der Waals surface area (Å²) in [5, 5.41) is 0. The fraction of sp³-hybridized carbons (Fsp3) is 0.600. The topological polar surface area (TPSA) is 29.3 Å². The molecule has 0 amide bonds. The number of aryl methyl sites for hydroxylation is 1. The third kappa shape index (κ3) is 1.90. The summed E-state index contributed by atoms with van der Waals surface area (Å²) in [5.41, 5.74) is 9.45. The molecule has 1 unspecified atom stereocenters. The minimum absolute atomic E-state index is 0.255. The van der Waals surface area contributed by atoms with Gasteiger partial charge in [-0.1, -0.05) is 24.3 Å². The summed E-state index contributed by atoms with van der Waals surface area (Å²) in [5.74, 6) is 0. The summed E-state index contributed by atoms with van der Waals surface area (Å²) < 4.78 is 0. The lowest BCUT2D eigenvalue weighted by molar-refractivity contribution is 0.107. The van der Waals surface area contributed by atoms with Gasteiger partial charge in [-0.25, -0.2) is 0 Å². The van der Waals surface area contributed by atoms with Crippen LogP contribution in [0, 0.1) is 0 Å². The predicted molar refractivity (Wildman–Crippen MR) is 71.1 cm³/mol. The van der Waals surface area contributed by atoms with Crippen molar-refractivity contribution in [3.8, 4) is 0 Å². The van der Waals surface area contributed by atoms with Gasteiger partial charge >= 0.3 is 0 Å². The Morgan fingerprint density at radius 3 is 2.53 bits per heavy atom. The minimum atomic E-state index is 0.255. The quantitative estimate of drug-likeness (QED) is 0.841. The van der Waals surface area contributed by atoms with E-state index in [-0.39, 0.29) is 5.54 Å². The van der Waals surface area contributed by atoms with Crippen molar-refractivity contribution in [3.05, 3.63) is 35.4 Å². The average Bonchev–Trinajstić information content (AvgIpc) is 2.92. The highest BCUT2D eigenvalue weighted by Gasteiger charge is 2.39. The second kappa shape index (κ2) is 4.43.